The normalized spacial score (nSPS) is 13.2. The Morgan fingerprint density at radius 2 is 0.800 bits per heavy atom. The van der Waals surface area contributed by atoms with Gasteiger partial charge < -0.3 is 10.2 Å². The van der Waals surface area contributed by atoms with Gasteiger partial charge in [0, 0.05) is 0 Å². The molecular weight excluding hydrogens is 376 g/mol. The van der Waals surface area contributed by atoms with Crippen LogP contribution in [0.2, 0.25) is 0 Å². The zero-order chi connectivity index (χ0) is 23.8. The first kappa shape index (κ1) is 33.6. The van der Waals surface area contributed by atoms with Crippen LogP contribution in [0.25, 0.3) is 0 Å². The lowest BCUT2D eigenvalue weighted by Gasteiger charge is -2.28. The lowest BCUT2D eigenvalue weighted by molar-refractivity contribution is -0.150. The van der Waals surface area contributed by atoms with Gasteiger partial charge in [-0.15, -0.1) is 0 Å². The molecule has 0 aromatic carbocycles. The Balaban J connectivity index is -0.000000495. The number of aliphatic carboxylic acids is 2. The third-order valence-corrected chi connectivity index (χ3v) is 5.60. The van der Waals surface area contributed by atoms with Gasteiger partial charge in [-0.1, -0.05) is 119 Å². The predicted octanol–water partition coefficient (Wildman–Crippen LogP) is 8.58. The number of hydrogen-bond donors (Lipinski definition) is 2. The highest BCUT2D eigenvalue weighted by molar-refractivity contribution is 5.74. The molecule has 0 rings (SSSR count). The lowest BCUT2D eigenvalue weighted by Crippen LogP contribution is -2.33. The van der Waals surface area contributed by atoms with Crippen LogP contribution in [0.3, 0.4) is 0 Å². The number of carboxylic acids is 2. The summed E-state index contributed by atoms with van der Waals surface area (Å²) in [6.45, 7) is 14.6. The fraction of sp³-hybridized carbons (Fsp3) is 0.923. The molecule has 0 bridgehead atoms. The van der Waals surface area contributed by atoms with Gasteiger partial charge in [-0.3, -0.25) is 9.59 Å². The molecule has 2 unspecified atom stereocenters. The van der Waals surface area contributed by atoms with Crippen LogP contribution in [-0.4, -0.2) is 22.2 Å². The molecule has 0 saturated carbocycles. The van der Waals surface area contributed by atoms with Gasteiger partial charge in [-0.05, 0) is 25.2 Å². The summed E-state index contributed by atoms with van der Waals surface area (Å²) in [6, 6.07) is 0. The van der Waals surface area contributed by atoms with Crippen molar-refractivity contribution in [3.05, 3.63) is 0 Å². The number of rotatable bonds is 16. The summed E-state index contributed by atoms with van der Waals surface area (Å²) in [5.74, 6) is -3.05. The maximum absolute atomic E-state index is 11.3. The van der Waals surface area contributed by atoms with E-state index in [-0.39, 0.29) is 5.92 Å². The van der Waals surface area contributed by atoms with Crippen LogP contribution in [-0.2, 0) is 9.59 Å². The fourth-order valence-corrected chi connectivity index (χ4v) is 3.63. The molecule has 0 radical (unpaired) electrons. The number of carboxylic acid groups (broad SMARTS) is 2. The van der Waals surface area contributed by atoms with Gasteiger partial charge in [0.15, 0.2) is 0 Å². The Kier molecular flexibility index (Phi) is 29.1. The SMILES string of the molecule is CCCCCC.CCCCCC.CCCCCC(C(CC)C(=O)O)C(CC)C(=O)O. The fourth-order valence-electron chi connectivity index (χ4n) is 3.63. The Labute approximate surface area is 188 Å². The minimum Gasteiger partial charge on any atom is -0.481 e. The van der Waals surface area contributed by atoms with Crippen molar-refractivity contribution in [1.82, 2.24) is 0 Å². The van der Waals surface area contributed by atoms with Crippen molar-refractivity contribution in [2.45, 2.75) is 138 Å². The van der Waals surface area contributed by atoms with E-state index in [4.69, 9.17) is 0 Å². The maximum Gasteiger partial charge on any atom is 0.306 e. The number of carbonyl (C=O) groups is 2. The van der Waals surface area contributed by atoms with Gasteiger partial charge in [0.1, 0.15) is 0 Å². The summed E-state index contributed by atoms with van der Waals surface area (Å²) in [4.78, 5) is 22.5. The summed E-state index contributed by atoms with van der Waals surface area (Å²) in [7, 11) is 0. The first-order chi connectivity index (χ1) is 14.3. The van der Waals surface area contributed by atoms with E-state index in [1.165, 1.54) is 51.4 Å². The molecule has 0 fully saturated rings. The zero-order valence-electron chi connectivity index (χ0n) is 21.3. The molecular formula is C26H54O4. The number of hydrogen-bond acceptors (Lipinski definition) is 2. The van der Waals surface area contributed by atoms with Gasteiger partial charge in [0.25, 0.3) is 0 Å². The summed E-state index contributed by atoms with van der Waals surface area (Å²) < 4.78 is 0. The van der Waals surface area contributed by atoms with E-state index >= 15 is 0 Å². The first-order valence-electron chi connectivity index (χ1n) is 12.8. The van der Waals surface area contributed by atoms with E-state index in [9.17, 15) is 19.8 Å². The van der Waals surface area contributed by atoms with Crippen molar-refractivity contribution in [2.75, 3.05) is 0 Å². The topological polar surface area (TPSA) is 74.6 Å². The van der Waals surface area contributed by atoms with E-state index < -0.39 is 23.8 Å². The molecule has 0 aromatic rings. The highest BCUT2D eigenvalue weighted by Crippen LogP contribution is 2.32. The smallest absolute Gasteiger partial charge is 0.306 e. The van der Waals surface area contributed by atoms with Crippen molar-refractivity contribution in [1.29, 1.82) is 0 Å². The monoisotopic (exact) mass is 430 g/mol. The number of unbranched alkanes of at least 4 members (excludes halogenated alkanes) is 8. The van der Waals surface area contributed by atoms with Crippen LogP contribution in [0, 0.1) is 17.8 Å². The van der Waals surface area contributed by atoms with Gasteiger partial charge >= 0.3 is 11.9 Å². The molecule has 0 aromatic heterocycles. The van der Waals surface area contributed by atoms with Gasteiger partial charge in [0.05, 0.1) is 11.8 Å². The average Bonchev–Trinajstić information content (AvgIpc) is 2.72. The van der Waals surface area contributed by atoms with Crippen LogP contribution in [0.5, 0.6) is 0 Å². The van der Waals surface area contributed by atoms with Crippen molar-refractivity contribution in [2.24, 2.45) is 17.8 Å². The summed E-state index contributed by atoms with van der Waals surface area (Å²) >= 11 is 0. The van der Waals surface area contributed by atoms with E-state index in [1.807, 2.05) is 13.8 Å². The largest absolute Gasteiger partial charge is 0.481 e. The highest BCUT2D eigenvalue weighted by Gasteiger charge is 2.35. The van der Waals surface area contributed by atoms with Crippen LogP contribution in [0.1, 0.15) is 138 Å². The van der Waals surface area contributed by atoms with Gasteiger partial charge in [-0.25, -0.2) is 0 Å². The van der Waals surface area contributed by atoms with Crippen LogP contribution in [0.15, 0.2) is 0 Å². The molecule has 30 heavy (non-hydrogen) atoms. The molecule has 0 heterocycles. The molecule has 0 saturated heterocycles. The summed E-state index contributed by atoms with van der Waals surface area (Å²) in [5, 5.41) is 18.5. The van der Waals surface area contributed by atoms with Crippen molar-refractivity contribution < 1.29 is 19.8 Å². The molecule has 0 aliphatic heterocycles. The molecule has 4 heteroatoms. The van der Waals surface area contributed by atoms with Crippen molar-refractivity contribution >= 4 is 11.9 Å². The standard InChI is InChI=1S/C14H26O4.2C6H14/c1-4-7-8-9-12(10(5-2)13(15)16)11(6-3)14(17)18;2*1-3-5-6-4-2/h10-12H,4-9H2,1-3H3,(H,15,16)(H,17,18);2*3-6H2,1-2H3. The molecule has 4 nitrogen and oxygen atoms in total. The van der Waals surface area contributed by atoms with Gasteiger partial charge in [-0.2, -0.15) is 0 Å². The Hall–Kier alpha value is -1.06. The minimum atomic E-state index is -0.862. The third-order valence-electron chi connectivity index (χ3n) is 5.60. The second-order valence-electron chi connectivity index (χ2n) is 8.28. The van der Waals surface area contributed by atoms with Crippen LogP contribution < -0.4 is 0 Å². The second-order valence-corrected chi connectivity index (χ2v) is 8.28. The average molecular weight is 431 g/mol. The van der Waals surface area contributed by atoms with Crippen LogP contribution in [0.4, 0.5) is 0 Å². The van der Waals surface area contributed by atoms with E-state index in [0.29, 0.717) is 19.3 Å². The predicted molar refractivity (Wildman–Crippen MR) is 130 cm³/mol. The van der Waals surface area contributed by atoms with E-state index in [0.717, 1.165) is 19.3 Å². The van der Waals surface area contributed by atoms with Crippen LogP contribution >= 0.6 is 0 Å². The summed E-state index contributed by atoms with van der Waals surface area (Å²) in [6.07, 6.45) is 15.8. The van der Waals surface area contributed by atoms with Crippen molar-refractivity contribution in [3.63, 3.8) is 0 Å². The third kappa shape index (κ3) is 20.2. The Morgan fingerprint density at radius 1 is 0.533 bits per heavy atom. The molecule has 2 atom stereocenters. The van der Waals surface area contributed by atoms with Gasteiger partial charge in [0.2, 0.25) is 0 Å². The Morgan fingerprint density at radius 3 is 1.00 bits per heavy atom. The first-order valence-corrected chi connectivity index (χ1v) is 12.8. The maximum atomic E-state index is 11.3. The van der Waals surface area contributed by atoms with E-state index in [2.05, 4.69) is 34.6 Å². The molecule has 0 spiro atoms. The molecule has 182 valence electrons. The molecule has 0 aliphatic rings. The Bertz CT molecular complexity index is 330. The highest BCUT2D eigenvalue weighted by atomic mass is 16.4. The zero-order valence-corrected chi connectivity index (χ0v) is 21.3. The van der Waals surface area contributed by atoms with E-state index in [1.54, 1.807) is 0 Å². The lowest BCUT2D eigenvalue weighted by atomic mass is 9.76. The second kappa shape index (κ2) is 26.0. The minimum absolute atomic E-state index is 0.249. The van der Waals surface area contributed by atoms with Crippen molar-refractivity contribution in [3.8, 4) is 0 Å². The molecule has 2 N–H and O–H groups in total. The molecule has 0 aliphatic carbocycles. The molecule has 0 amide bonds. The quantitative estimate of drug-likeness (QED) is 0.240. The summed E-state index contributed by atoms with van der Waals surface area (Å²) in [5.41, 5.74) is 0.